The van der Waals surface area contributed by atoms with Crippen molar-refractivity contribution >= 4 is 69.5 Å². The average Bonchev–Trinajstić information content (AvgIpc) is 2.89. The molecule has 15 heteroatoms. The average molecular weight is 702 g/mol. The number of anilines is 1. The van der Waals surface area contributed by atoms with Gasteiger partial charge in [-0.1, -0.05) is 17.7 Å². The first-order valence-corrected chi connectivity index (χ1v) is 12.8. The second-order valence-electron chi connectivity index (χ2n) is 8.46. The number of imide groups is 2. The van der Waals surface area contributed by atoms with E-state index in [-0.39, 0.29) is 31.3 Å². The molecule has 1 N–H and O–H groups in total. The van der Waals surface area contributed by atoms with Gasteiger partial charge in [-0.2, -0.15) is 13.2 Å². The Labute approximate surface area is 248 Å². The molecule has 0 aliphatic carbocycles. The van der Waals surface area contributed by atoms with Crippen LogP contribution in [0.5, 0.6) is 17.2 Å². The largest absolute Gasteiger partial charge is 0.493 e. The maximum Gasteiger partial charge on any atom is 0.416 e. The number of nitro groups is 1. The maximum absolute atomic E-state index is 13.3. The van der Waals surface area contributed by atoms with Gasteiger partial charge in [-0.3, -0.25) is 25.0 Å². The van der Waals surface area contributed by atoms with E-state index in [9.17, 15) is 37.7 Å². The normalized spacial score (nSPS) is 14.8. The monoisotopic (exact) mass is 701 g/mol. The van der Waals surface area contributed by atoms with Crippen molar-refractivity contribution in [2.24, 2.45) is 0 Å². The van der Waals surface area contributed by atoms with Crippen molar-refractivity contribution in [1.82, 2.24) is 5.32 Å². The minimum Gasteiger partial charge on any atom is -0.493 e. The summed E-state index contributed by atoms with van der Waals surface area (Å²) in [6, 6.07) is 8.21. The molecular weight excluding hydrogens is 686 g/mol. The molecule has 1 fully saturated rings. The highest BCUT2D eigenvalue weighted by Gasteiger charge is 2.38. The summed E-state index contributed by atoms with van der Waals surface area (Å²) in [5.74, 6) is -2.42. The fraction of sp³-hybridized carbons (Fsp3) is 0.115. The predicted molar refractivity (Wildman–Crippen MR) is 149 cm³/mol. The summed E-state index contributed by atoms with van der Waals surface area (Å²) in [6.07, 6.45) is -3.61. The molecule has 0 radical (unpaired) electrons. The second kappa shape index (κ2) is 11.4. The van der Waals surface area contributed by atoms with Crippen molar-refractivity contribution in [2.45, 2.75) is 13.1 Å². The number of nitro benzene ring substituents is 1. The molecule has 212 valence electrons. The predicted octanol–water partition coefficient (Wildman–Crippen LogP) is 6.65. The van der Waals surface area contributed by atoms with Crippen LogP contribution in [0.2, 0.25) is 5.02 Å². The number of ether oxygens (including phenoxy) is 2. The first-order chi connectivity index (χ1) is 19.2. The second-order valence-corrected chi connectivity index (χ2v) is 10.1. The lowest BCUT2D eigenvalue weighted by Crippen LogP contribution is -2.54. The Bertz CT molecular complexity index is 1660. The molecule has 0 aromatic heterocycles. The molecule has 0 saturated carbocycles. The molecule has 0 bridgehead atoms. The summed E-state index contributed by atoms with van der Waals surface area (Å²) < 4.78 is 50.4. The molecule has 3 aromatic rings. The number of alkyl halides is 3. The van der Waals surface area contributed by atoms with Gasteiger partial charge < -0.3 is 9.47 Å². The number of aryl methyl sites for hydroxylation is 1. The topological polar surface area (TPSA) is 128 Å². The summed E-state index contributed by atoms with van der Waals surface area (Å²) in [4.78, 5) is 49.7. The molecule has 4 rings (SSSR count). The van der Waals surface area contributed by atoms with Crippen LogP contribution in [0.15, 0.2) is 54.1 Å². The molecule has 1 saturated heterocycles. The zero-order valence-corrected chi connectivity index (χ0v) is 23.8. The van der Waals surface area contributed by atoms with Crippen molar-refractivity contribution in [1.29, 1.82) is 0 Å². The molecular formula is C26H16ClF3IN3O7. The highest BCUT2D eigenvalue weighted by molar-refractivity contribution is 14.1. The number of barbiturate groups is 1. The number of benzene rings is 3. The Balaban J connectivity index is 1.73. The standard InChI is InChI=1S/C26H16ClF3IN3O7/c1-12-3-5-15(27)11-18(12)33-24(36)16(23(35)32-25(33)37)7-13-8-17(31)22(21(9-13)40-2)41-20-6-4-14(26(28,29)30)10-19(20)34(38)39/h3-11H,1-2H3,(H,32,35,37)/b16-7+. The van der Waals surface area contributed by atoms with E-state index in [1.807, 2.05) is 0 Å². The van der Waals surface area contributed by atoms with Crippen LogP contribution in [0.3, 0.4) is 0 Å². The number of nitrogens with zero attached hydrogens (tertiary/aromatic N) is 2. The van der Waals surface area contributed by atoms with Gasteiger partial charge in [0, 0.05) is 11.1 Å². The van der Waals surface area contributed by atoms with Gasteiger partial charge >= 0.3 is 17.9 Å². The molecule has 0 atom stereocenters. The molecule has 0 spiro atoms. The van der Waals surface area contributed by atoms with E-state index in [0.717, 1.165) is 11.0 Å². The number of urea groups is 1. The van der Waals surface area contributed by atoms with Gasteiger partial charge in [0.05, 0.1) is 26.9 Å². The van der Waals surface area contributed by atoms with E-state index in [4.69, 9.17) is 21.1 Å². The highest BCUT2D eigenvalue weighted by atomic mass is 127. The quantitative estimate of drug-likeness (QED) is 0.100. The van der Waals surface area contributed by atoms with Crippen molar-refractivity contribution in [3.8, 4) is 17.2 Å². The Morgan fingerprint density at radius 2 is 1.78 bits per heavy atom. The molecule has 3 aromatic carbocycles. The Kier molecular flexibility index (Phi) is 8.26. The van der Waals surface area contributed by atoms with Crippen LogP contribution in [0.4, 0.5) is 29.3 Å². The maximum atomic E-state index is 13.3. The van der Waals surface area contributed by atoms with Crippen LogP contribution >= 0.6 is 34.2 Å². The van der Waals surface area contributed by atoms with Crippen LogP contribution in [0.1, 0.15) is 16.7 Å². The molecule has 0 unspecified atom stereocenters. The first kappa shape index (κ1) is 29.8. The number of hydrogen-bond acceptors (Lipinski definition) is 7. The van der Waals surface area contributed by atoms with Gasteiger partial charge in [0.1, 0.15) is 5.57 Å². The molecule has 10 nitrogen and oxygen atoms in total. The summed E-state index contributed by atoms with van der Waals surface area (Å²) in [7, 11) is 1.25. The third kappa shape index (κ3) is 6.12. The van der Waals surface area contributed by atoms with Crippen molar-refractivity contribution in [3.63, 3.8) is 0 Å². The van der Waals surface area contributed by atoms with Crippen molar-refractivity contribution in [2.75, 3.05) is 12.0 Å². The Morgan fingerprint density at radius 3 is 2.41 bits per heavy atom. The zero-order chi connectivity index (χ0) is 30.2. The van der Waals surface area contributed by atoms with Gasteiger partial charge in [-0.15, -0.1) is 0 Å². The van der Waals surface area contributed by atoms with Crippen LogP contribution in [0, 0.1) is 20.6 Å². The van der Waals surface area contributed by atoms with Crippen molar-refractivity contribution < 1.29 is 42.0 Å². The number of carbonyl (C=O) groups excluding carboxylic acids is 3. The van der Waals surface area contributed by atoms with Gasteiger partial charge in [-0.05, 0) is 83.1 Å². The number of hydrogen-bond donors (Lipinski definition) is 1. The van der Waals surface area contributed by atoms with Gasteiger partial charge in [0.15, 0.2) is 11.5 Å². The van der Waals surface area contributed by atoms with Crippen molar-refractivity contribution in [3.05, 3.63) is 89.5 Å². The van der Waals surface area contributed by atoms with E-state index >= 15 is 0 Å². The third-order valence-corrected chi connectivity index (χ3v) is 6.81. The van der Waals surface area contributed by atoms with Crippen LogP contribution in [0.25, 0.3) is 6.08 Å². The molecule has 1 aliphatic rings. The number of amides is 4. The van der Waals surface area contributed by atoms with Crippen LogP contribution in [-0.4, -0.2) is 29.9 Å². The first-order valence-electron chi connectivity index (χ1n) is 11.3. The number of methoxy groups -OCH3 is 1. The van der Waals surface area contributed by atoms with Gasteiger partial charge in [-0.25, -0.2) is 9.69 Å². The van der Waals surface area contributed by atoms with Gasteiger partial charge in [0.2, 0.25) is 5.75 Å². The fourth-order valence-electron chi connectivity index (χ4n) is 3.82. The lowest BCUT2D eigenvalue weighted by Gasteiger charge is -2.27. The minimum atomic E-state index is -4.81. The summed E-state index contributed by atoms with van der Waals surface area (Å²) in [5, 5.41) is 13.8. The molecule has 41 heavy (non-hydrogen) atoms. The van der Waals surface area contributed by atoms with Gasteiger partial charge in [0.25, 0.3) is 11.8 Å². The van der Waals surface area contributed by atoms with Crippen LogP contribution < -0.4 is 19.7 Å². The minimum absolute atomic E-state index is 0.0137. The smallest absolute Gasteiger partial charge is 0.416 e. The Hall–Kier alpha value is -4.18. The van der Waals surface area contributed by atoms with E-state index < -0.39 is 51.5 Å². The Morgan fingerprint density at radius 1 is 1.07 bits per heavy atom. The molecule has 4 amide bonds. The number of halogens is 5. The fourth-order valence-corrected chi connectivity index (χ4v) is 4.72. The van der Waals surface area contributed by atoms with E-state index in [1.165, 1.54) is 31.4 Å². The molecule has 1 aliphatic heterocycles. The number of nitrogens with one attached hydrogen (secondary N) is 1. The highest BCUT2D eigenvalue weighted by Crippen LogP contribution is 2.42. The number of carbonyl (C=O) groups is 3. The summed E-state index contributed by atoms with van der Waals surface area (Å²) in [6.45, 7) is 1.65. The van der Waals surface area contributed by atoms with E-state index in [0.29, 0.717) is 17.7 Å². The van der Waals surface area contributed by atoms with E-state index in [1.54, 1.807) is 41.6 Å². The summed E-state index contributed by atoms with van der Waals surface area (Å²) in [5.41, 5.74) is -1.58. The SMILES string of the molecule is COc1cc(/C=C2\C(=O)NC(=O)N(c3cc(Cl)ccc3C)C2=O)cc(I)c1Oc1ccc(C(F)(F)F)cc1[N+](=O)[O-]. The lowest BCUT2D eigenvalue weighted by atomic mass is 10.1. The third-order valence-electron chi connectivity index (χ3n) is 5.77. The zero-order valence-electron chi connectivity index (χ0n) is 20.8. The van der Waals surface area contributed by atoms with Crippen LogP contribution in [-0.2, 0) is 15.8 Å². The summed E-state index contributed by atoms with van der Waals surface area (Å²) >= 11 is 7.83. The lowest BCUT2D eigenvalue weighted by molar-refractivity contribution is -0.385. The molecule has 1 heterocycles. The number of rotatable bonds is 6. The van der Waals surface area contributed by atoms with E-state index in [2.05, 4.69) is 5.32 Å².